The lowest BCUT2D eigenvalue weighted by atomic mass is 10.2. The van der Waals surface area contributed by atoms with Gasteiger partial charge in [0.05, 0.1) is 0 Å². The third kappa shape index (κ3) is 3.64. The molecule has 0 aliphatic carbocycles. The van der Waals surface area contributed by atoms with Crippen LogP contribution in [-0.2, 0) is 6.54 Å². The van der Waals surface area contributed by atoms with Crippen LogP contribution in [0.3, 0.4) is 0 Å². The van der Waals surface area contributed by atoms with E-state index in [0.717, 1.165) is 32.7 Å². The van der Waals surface area contributed by atoms with E-state index in [0.29, 0.717) is 23.1 Å². The standard InChI is InChI=1S/C20H20FN9/c21-16-5-1-4-15(11-16)17-24-20-26-19(25-18(22)30(20)27-17)29-9-7-28(8-10-29)13-14-3-2-6-23-12-14/h1-6,11-12H,7-10,13H2,(H2,22,24,25,26,27). The summed E-state index contributed by atoms with van der Waals surface area (Å²) in [6, 6.07) is 10.1. The van der Waals surface area contributed by atoms with Crippen LogP contribution in [0.5, 0.6) is 0 Å². The molecule has 0 atom stereocenters. The summed E-state index contributed by atoms with van der Waals surface area (Å²) < 4.78 is 14.9. The fourth-order valence-corrected chi connectivity index (χ4v) is 3.54. The normalized spacial score (nSPS) is 15.0. The number of piperazine rings is 1. The van der Waals surface area contributed by atoms with Crippen molar-refractivity contribution in [2.45, 2.75) is 6.54 Å². The minimum absolute atomic E-state index is 0.197. The second-order valence-corrected chi connectivity index (χ2v) is 7.16. The molecule has 4 heterocycles. The van der Waals surface area contributed by atoms with Crippen LogP contribution in [0.1, 0.15) is 5.56 Å². The maximum atomic E-state index is 13.5. The predicted molar refractivity (Wildman–Crippen MR) is 110 cm³/mol. The molecule has 152 valence electrons. The number of hydrogen-bond donors (Lipinski definition) is 1. The molecule has 0 unspecified atom stereocenters. The molecule has 1 aliphatic heterocycles. The molecule has 1 aromatic carbocycles. The van der Waals surface area contributed by atoms with Gasteiger partial charge >= 0.3 is 0 Å². The van der Waals surface area contributed by atoms with Crippen molar-refractivity contribution < 1.29 is 4.39 Å². The molecular weight excluding hydrogens is 385 g/mol. The van der Waals surface area contributed by atoms with Crippen molar-refractivity contribution in [3.05, 3.63) is 60.2 Å². The first kappa shape index (κ1) is 18.4. The number of fused-ring (bicyclic) bond motifs is 1. The van der Waals surface area contributed by atoms with E-state index in [-0.39, 0.29) is 11.8 Å². The van der Waals surface area contributed by atoms with Gasteiger partial charge in [-0.1, -0.05) is 18.2 Å². The summed E-state index contributed by atoms with van der Waals surface area (Å²) in [5, 5.41) is 4.32. The Labute approximate surface area is 172 Å². The summed E-state index contributed by atoms with van der Waals surface area (Å²) in [5.74, 6) is 1.07. The number of halogens is 1. The highest BCUT2D eigenvalue weighted by Gasteiger charge is 2.21. The van der Waals surface area contributed by atoms with Gasteiger partial charge in [-0.15, -0.1) is 5.10 Å². The van der Waals surface area contributed by atoms with Gasteiger partial charge < -0.3 is 10.6 Å². The maximum Gasteiger partial charge on any atom is 0.259 e. The van der Waals surface area contributed by atoms with Crippen molar-refractivity contribution in [1.82, 2.24) is 34.4 Å². The van der Waals surface area contributed by atoms with Gasteiger partial charge in [0, 0.05) is 50.7 Å². The topological polar surface area (TPSA) is 101 Å². The lowest BCUT2D eigenvalue weighted by Crippen LogP contribution is -2.46. The number of nitrogens with zero attached hydrogens (tertiary/aromatic N) is 8. The Morgan fingerprint density at radius 3 is 2.63 bits per heavy atom. The van der Waals surface area contributed by atoms with Crippen molar-refractivity contribution in [3.8, 4) is 11.4 Å². The van der Waals surface area contributed by atoms with Gasteiger partial charge in [-0.3, -0.25) is 9.88 Å². The van der Waals surface area contributed by atoms with Gasteiger partial charge in [0.15, 0.2) is 5.82 Å². The molecule has 30 heavy (non-hydrogen) atoms. The summed E-state index contributed by atoms with van der Waals surface area (Å²) in [6.07, 6.45) is 3.68. The Morgan fingerprint density at radius 1 is 1.00 bits per heavy atom. The number of rotatable bonds is 4. The van der Waals surface area contributed by atoms with Crippen LogP contribution >= 0.6 is 0 Å². The number of nitrogens with two attached hydrogens (primary N) is 1. The summed E-state index contributed by atoms with van der Waals surface area (Å²) in [6.45, 7) is 4.18. The van der Waals surface area contributed by atoms with Crippen LogP contribution in [0.4, 0.5) is 16.3 Å². The predicted octanol–water partition coefficient (Wildman–Crippen LogP) is 1.62. The molecule has 1 fully saturated rings. The second kappa shape index (κ2) is 7.64. The first-order chi connectivity index (χ1) is 14.7. The van der Waals surface area contributed by atoms with E-state index in [1.54, 1.807) is 18.3 Å². The highest BCUT2D eigenvalue weighted by molar-refractivity contribution is 5.58. The number of nitrogen functional groups attached to an aromatic ring is 1. The fraction of sp³-hybridized carbons (Fsp3) is 0.250. The van der Waals surface area contributed by atoms with E-state index >= 15 is 0 Å². The van der Waals surface area contributed by atoms with Gasteiger partial charge in [-0.25, -0.2) is 4.39 Å². The van der Waals surface area contributed by atoms with E-state index in [1.165, 1.54) is 22.2 Å². The maximum absolute atomic E-state index is 13.5. The molecule has 2 N–H and O–H groups in total. The smallest absolute Gasteiger partial charge is 0.259 e. The van der Waals surface area contributed by atoms with Gasteiger partial charge in [-0.05, 0) is 23.8 Å². The largest absolute Gasteiger partial charge is 0.368 e. The van der Waals surface area contributed by atoms with Crippen molar-refractivity contribution in [3.63, 3.8) is 0 Å². The van der Waals surface area contributed by atoms with Crippen LogP contribution in [-0.4, -0.2) is 60.6 Å². The van der Waals surface area contributed by atoms with Crippen LogP contribution < -0.4 is 10.6 Å². The molecule has 5 rings (SSSR count). The number of anilines is 2. The molecule has 0 amide bonds. The molecule has 0 spiro atoms. The Kier molecular flexibility index (Phi) is 4.68. The summed E-state index contributed by atoms with van der Waals surface area (Å²) in [4.78, 5) is 22.0. The minimum atomic E-state index is -0.352. The number of benzene rings is 1. The summed E-state index contributed by atoms with van der Waals surface area (Å²) >= 11 is 0. The zero-order valence-electron chi connectivity index (χ0n) is 16.2. The summed E-state index contributed by atoms with van der Waals surface area (Å²) in [5.41, 5.74) is 7.86. The Hall–Kier alpha value is -3.66. The minimum Gasteiger partial charge on any atom is -0.368 e. The third-order valence-corrected chi connectivity index (χ3v) is 5.09. The SMILES string of the molecule is Nc1nc(N2CCN(Cc3cccnc3)CC2)nc2nc(-c3cccc(F)c3)nn12. The zero-order chi connectivity index (χ0) is 20.5. The van der Waals surface area contributed by atoms with Crippen LogP contribution in [0.2, 0.25) is 0 Å². The van der Waals surface area contributed by atoms with Crippen LogP contribution in [0, 0.1) is 5.82 Å². The van der Waals surface area contributed by atoms with E-state index in [1.807, 2.05) is 12.3 Å². The second-order valence-electron chi connectivity index (χ2n) is 7.16. The quantitative estimate of drug-likeness (QED) is 0.547. The molecule has 0 saturated carbocycles. The Balaban J connectivity index is 1.34. The van der Waals surface area contributed by atoms with Gasteiger partial charge in [0.1, 0.15) is 5.82 Å². The van der Waals surface area contributed by atoms with E-state index in [9.17, 15) is 4.39 Å². The fourth-order valence-electron chi connectivity index (χ4n) is 3.54. The molecule has 1 aliphatic rings. The highest BCUT2D eigenvalue weighted by Crippen LogP contribution is 2.20. The van der Waals surface area contributed by atoms with E-state index < -0.39 is 0 Å². The lowest BCUT2D eigenvalue weighted by Gasteiger charge is -2.34. The van der Waals surface area contributed by atoms with Crippen molar-refractivity contribution in [2.75, 3.05) is 36.8 Å². The van der Waals surface area contributed by atoms with E-state index in [2.05, 4.69) is 40.9 Å². The molecule has 0 bridgehead atoms. The zero-order valence-corrected chi connectivity index (χ0v) is 16.2. The number of pyridine rings is 1. The van der Waals surface area contributed by atoms with Crippen molar-refractivity contribution in [2.24, 2.45) is 0 Å². The van der Waals surface area contributed by atoms with Crippen LogP contribution in [0.25, 0.3) is 17.2 Å². The Bertz CT molecular complexity index is 1170. The number of aromatic nitrogens is 6. The molecule has 10 heteroatoms. The monoisotopic (exact) mass is 405 g/mol. The lowest BCUT2D eigenvalue weighted by molar-refractivity contribution is 0.248. The first-order valence-corrected chi connectivity index (χ1v) is 9.68. The average Bonchev–Trinajstić information content (AvgIpc) is 3.20. The molecular formula is C20H20FN9. The summed E-state index contributed by atoms with van der Waals surface area (Å²) in [7, 11) is 0. The van der Waals surface area contributed by atoms with Crippen molar-refractivity contribution >= 4 is 17.7 Å². The van der Waals surface area contributed by atoms with Gasteiger partial charge in [0.2, 0.25) is 11.9 Å². The Morgan fingerprint density at radius 2 is 1.87 bits per heavy atom. The molecule has 9 nitrogen and oxygen atoms in total. The molecule has 3 aromatic heterocycles. The van der Waals surface area contributed by atoms with Crippen LogP contribution in [0.15, 0.2) is 48.8 Å². The van der Waals surface area contributed by atoms with E-state index in [4.69, 9.17) is 5.73 Å². The van der Waals surface area contributed by atoms with Gasteiger partial charge in [0.25, 0.3) is 5.78 Å². The highest BCUT2D eigenvalue weighted by atomic mass is 19.1. The molecule has 1 saturated heterocycles. The first-order valence-electron chi connectivity index (χ1n) is 9.68. The molecule has 4 aromatic rings. The van der Waals surface area contributed by atoms with Crippen molar-refractivity contribution in [1.29, 1.82) is 0 Å². The van der Waals surface area contributed by atoms with Gasteiger partial charge in [-0.2, -0.15) is 19.5 Å². The molecule has 0 radical (unpaired) electrons. The third-order valence-electron chi connectivity index (χ3n) is 5.09. The average molecular weight is 405 g/mol. The number of hydrogen-bond acceptors (Lipinski definition) is 8.